The van der Waals surface area contributed by atoms with Crippen LogP contribution in [0.5, 0.6) is 5.88 Å². The standard InChI is InChI=1S/C12H11F2N3O3/c1-17-9(6-8(16-17)11(18)19-2)7-4-3-5-15-10(7)20-12(13)14/h3-6,12H,1-2H3. The van der Waals surface area contributed by atoms with E-state index in [0.29, 0.717) is 11.3 Å². The Labute approximate surface area is 112 Å². The van der Waals surface area contributed by atoms with Crippen molar-refractivity contribution in [3.8, 4) is 17.1 Å². The number of alkyl halides is 2. The number of carbonyl (C=O) groups excluding carboxylic acids is 1. The highest BCUT2D eigenvalue weighted by Crippen LogP contribution is 2.29. The molecule has 0 aliphatic rings. The van der Waals surface area contributed by atoms with Crippen molar-refractivity contribution < 1.29 is 23.0 Å². The summed E-state index contributed by atoms with van der Waals surface area (Å²) >= 11 is 0. The molecule has 0 fully saturated rings. The van der Waals surface area contributed by atoms with Crippen molar-refractivity contribution in [1.82, 2.24) is 14.8 Å². The van der Waals surface area contributed by atoms with Gasteiger partial charge >= 0.3 is 12.6 Å². The molecule has 2 aromatic heterocycles. The van der Waals surface area contributed by atoms with Crippen LogP contribution in [-0.4, -0.2) is 34.5 Å². The van der Waals surface area contributed by atoms with Crippen LogP contribution in [0.4, 0.5) is 8.78 Å². The number of pyridine rings is 1. The lowest BCUT2D eigenvalue weighted by atomic mass is 10.2. The Morgan fingerprint density at radius 1 is 1.45 bits per heavy atom. The molecule has 0 bridgehead atoms. The molecule has 6 nitrogen and oxygen atoms in total. The number of carbonyl (C=O) groups is 1. The van der Waals surface area contributed by atoms with Gasteiger partial charge in [-0.15, -0.1) is 0 Å². The fraction of sp³-hybridized carbons (Fsp3) is 0.250. The fourth-order valence-corrected chi connectivity index (χ4v) is 1.69. The van der Waals surface area contributed by atoms with Gasteiger partial charge in [-0.3, -0.25) is 4.68 Å². The van der Waals surface area contributed by atoms with Gasteiger partial charge < -0.3 is 9.47 Å². The van der Waals surface area contributed by atoms with E-state index in [1.165, 1.54) is 24.1 Å². The third kappa shape index (κ3) is 2.73. The van der Waals surface area contributed by atoms with Crippen LogP contribution in [0, 0.1) is 0 Å². The number of ether oxygens (including phenoxy) is 2. The predicted molar refractivity (Wildman–Crippen MR) is 64.4 cm³/mol. The first kappa shape index (κ1) is 13.9. The van der Waals surface area contributed by atoms with E-state index in [-0.39, 0.29) is 11.6 Å². The van der Waals surface area contributed by atoms with Crippen molar-refractivity contribution in [3.05, 3.63) is 30.1 Å². The minimum absolute atomic E-state index is 0.0665. The molecule has 8 heteroatoms. The highest BCUT2D eigenvalue weighted by Gasteiger charge is 2.18. The van der Waals surface area contributed by atoms with E-state index < -0.39 is 12.6 Å². The van der Waals surface area contributed by atoms with Gasteiger partial charge in [0.1, 0.15) is 0 Å². The van der Waals surface area contributed by atoms with Crippen molar-refractivity contribution in [3.63, 3.8) is 0 Å². The molecule has 106 valence electrons. The maximum Gasteiger partial charge on any atom is 0.388 e. The molecular weight excluding hydrogens is 272 g/mol. The zero-order valence-electron chi connectivity index (χ0n) is 10.7. The highest BCUT2D eigenvalue weighted by atomic mass is 19.3. The van der Waals surface area contributed by atoms with Gasteiger partial charge in [-0.25, -0.2) is 9.78 Å². The number of nitrogens with zero attached hydrogens (tertiary/aromatic N) is 3. The van der Waals surface area contributed by atoms with Crippen molar-refractivity contribution in [2.75, 3.05) is 7.11 Å². The normalized spacial score (nSPS) is 10.7. The smallest absolute Gasteiger partial charge is 0.388 e. The van der Waals surface area contributed by atoms with E-state index in [4.69, 9.17) is 0 Å². The van der Waals surface area contributed by atoms with Crippen LogP contribution in [0.15, 0.2) is 24.4 Å². The Hall–Kier alpha value is -2.51. The lowest BCUT2D eigenvalue weighted by molar-refractivity contribution is -0.0524. The first-order chi connectivity index (χ1) is 9.52. The minimum Gasteiger partial charge on any atom is -0.464 e. The molecule has 0 amide bonds. The molecule has 2 rings (SSSR count). The van der Waals surface area contributed by atoms with Gasteiger partial charge in [-0.1, -0.05) is 0 Å². The number of aromatic nitrogens is 3. The van der Waals surface area contributed by atoms with E-state index in [0.717, 1.165) is 0 Å². The molecule has 0 aliphatic heterocycles. The molecule has 0 spiro atoms. The average molecular weight is 283 g/mol. The van der Waals surface area contributed by atoms with E-state index >= 15 is 0 Å². The number of hydrogen-bond donors (Lipinski definition) is 0. The summed E-state index contributed by atoms with van der Waals surface area (Å²) < 4.78 is 35.0. The topological polar surface area (TPSA) is 66.2 Å². The average Bonchev–Trinajstić information content (AvgIpc) is 2.80. The van der Waals surface area contributed by atoms with Gasteiger partial charge in [0.2, 0.25) is 5.88 Å². The number of methoxy groups -OCH3 is 1. The third-order valence-corrected chi connectivity index (χ3v) is 2.52. The van der Waals surface area contributed by atoms with E-state index in [1.54, 1.807) is 19.2 Å². The van der Waals surface area contributed by atoms with Crippen LogP contribution in [0.1, 0.15) is 10.5 Å². The summed E-state index contributed by atoms with van der Waals surface area (Å²) in [5.41, 5.74) is 0.781. The van der Waals surface area contributed by atoms with Gasteiger partial charge in [-0.2, -0.15) is 13.9 Å². The quantitative estimate of drug-likeness (QED) is 0.801. The second-order valence-electron chi connectivity index (χ2n) is 3.76. The van der Waals surface area contributed by atoms with Gasteiger partial charge in [-0.05, 0) is 18.2 Å². The van der Waals surface area contributed by atoms with Crippen LogP contribution in [-0.2, 0) is 11.8 Å². The molecule has 0 atom stereocenters. The fourth-order valence-electron chi connectivity index (χ4n) is 1.69. The van der Waals surface area contributed by atoms with Crippen molar-refractivity contribution >= 4 is 5.97 Å². The molecule has 0 saturated carbocycles. The number of hydrogen-bond acceptors (Lipinski definition) is 5. The van der Waals surface area contributed by atoms with Crippen LogP contribution < -0.4 is 4.74 Å². The summed E-state index contributed by atoms with van der Waals surface area (Å²) in [6.07, 6.45) is 1.33. The number of rotatable bonds is 4. The van der Waals surface area contributed by atoms with Crippen LogP contribution >= 0.6 is 0 Å². The SMILES string of the molecule is COC(=O)c1cc(-c2cccnc2OC(F)F)n(C)n1. The summed E-state index contributed by atoms with van der Waals surface area (Å²) in [5, 5.41) is 3.95. The Balaban J connectivity index is 2.46. The zero-order valence-corrected chi connectivity index (χ0v) is 10.7. The summed E-state index contributed by atoms with van der Waals surface area (Å²) in [6.45, 7) is -2.99. The van der Waals surface area contributed by atoms with Gasteiger partial charge in [0.15, 0.2) is 5.69 Å². The monoisotopic (exact) mass is 283 g/mol. The Morgan fingerprint density at radius 3 is 2.85 bits per heavy atom. The third-order valence-electron chi connectivity index (χ3n) is 2.52. The number of esters is 1. The molecule has 0 radical (unpaired) electrons. The first-order valence-corrected chi connectivity index (χ1v) is 5.55. The lowest BCUT2D eigenvalue weighted by Crippen LogP contribution is -2.06. The second-order valence-corrected chi connectivity index (χ2v) is 3.76. The Kier molecular flexibility index (Phi) is 3.92. The number of aryl methyl sites for hydroxylation is 1. The van der Waals surface area contributed by atoms with Crippen LogP contribution in [0.2, 0.25) is 0 Å². The molecule has 0 unspecified atom stereocenters. The summed E-state index contributed by atoms with van der Waals surface area (Å²) in [4.78, 5) is 15.2. The van der Waals surface area contributed by atoms with E-state index in [1.807, 2.05) is 0 Å². The molecule has 2 heterocycles. The minimum atomic E-state index is -2.99. The lowest BCUT2D eigenvalue weighted by Gasteiger charge is -2.08. The van der Waals surface area contributed by atoms with Crippen LogP contribution in [0.25, 0.3) is 11.3 Å². The molecule has 20 heavy (non-hydrogen) atoms. The van der Waals surface area contributed by atoms with E-state index in [9.17, 15) is 13.6 Å². The van der Waals surface area contributed by atoms with E-state index in [2.05, 4.69) is 19.6 Å². The largest absolute Gasteiger partial charge is 0.464 e. The maximum atomic E-state index is 12.3. The predicted octanol–water partition coefficient (Wildman–Crippen LogP) is 1.87. The van der Waals surface area contributed by atoms with Gasteiger partial charge in [0, 0.05) is 13.2 Å². The first-order valence-electron chi connectivity index (χ1n) is 5.55. The Morgan fingerprint density at radius 2 is 2.20 bits per heavy atom. The number of halogens is 2. The Bertz CT molecular complexity index is 628. The highest BCUT2D eigenvalue weighted by molar-refractivity contribution is 5.88. The zero-order chi connectivity index (χ0) is 14.7. The van der Waals surface area contributed by atoms with Gasteiger partial charge in [0.25, 0.3) is 0 Å². The molecule has 0 N–H and O–H groups in total. The second kappa shape index (κ2) is 5.64. The summed E-state index contributed by atoms with van der Waals surface area (Å²) in [7, 11) is 2.80. The molecule has 2 aromatic rings. The summed E-state index contributed by atoms with van der Waals surface area (Å²) in [6, 6.07) is 4.53. The van der Waals surface area contributed by atoms with Gasteiger partial charge in [0.05, 0.1) is 18.4 Å². The molecule has 0 aromatic carbocycles. The molecule has 0 saturated heterocycles. The van der Waals surface area contributed by atoms with Crippen molar-refractivity contribution in [2.24, 2.45) is 7.05 Å². The maximum absolute atomic E-state index is 12.3. The van der Waals surface area contributed by atoms with Crippen molar-refractivity contribution in [1.29, 1.82) is 0 Å². The van der Waals surface area contributed by atoms with Crippen LogP contribution in [0.3, 0.4) is 0 Å². The summed E-state index contributed by atoms with van der Waals surface area (Å²) in [5.74, 6) is -0.853. The molecule has 0 aliphatic carbocycles. The molecular formula is C12H11F2N3O3. The van der Waals surface area contributed by atoms with Crippen molar-refractivity contribution in [2.45, 2.75) is 6.61 Å².